The zero-order chi connectivity index (χ0) is 26.8. The normalized spacial score (nSPS) is 15.6. The molecule has 6 rings (SSSR count). The third-order valence-corrected chi connectivity index (χ3v) is 6.55. The Bertz CT molecular complexity index is 1450. The molecule has 204 valence electrons. The van der Waals surface area contributed by atoms with Crippen LogP contribution in [0.25, 0.3) is 11.2 Å². The molecule has 13 heteroatoms. The summed E-state index contributed by atoms with van der Waals surface area (Å²) >= 11 is 0. The van der Waals surface area contributed by atoms with E-state index in [2.05, 4.69) is 25.5 Å². The van der Waals surface area contributed by atoms with Gasteiger partial charge in [-0.1, -0.05) is 12.1 Å². The number of rotatable bonds is 8. The molecule has 0 saturated carbocycles. The number of alkyl halides is 3. The average Bonchev–Trinajstić information content (AvgIpc) is 3.56. The maximum absolute atomic E-state index is 13.0. The summed E-state index contributed by atoms with van der Waals surface area (Å²) in [4.78, 5) is 16.2. The number of imidazole rings is 1. The summed E-state index contributed by atoms with van der Waals surface area (Å²) in [6.45, 7) is 5.08. The molecule has 1 saturated heterocycles. The van der Waals surface area contributed by atoms with Gasteiger partial charge >= 0.3 is 6.18 Å². The van der Waals surface area contributed by atoms with Crippen LogP contribution >= 0.6 is 0 Å². The van der Waals surface area contributed by atoms with E-state index >= 15 is 0 Å². The van der Waals surface area contributed by atoms with Gasteiger partial charge in [-0.25, -0.2) is 4.98 Å². The predicted octanol–water partition coefficient (Wildman–Crippen LogP) is 4.11. The molecule has 2 aliphatic rings. The molecule has 39 heavy (non-hydrogen) atoms. The number of aromatic nitrogens is 4. The van der Waals surface area contributed by atoms with Crippen molar-refractivity contribution < 1.29 is 27.4 Å². The van der Waals surface area contributed by atoms with Gasteiger partial charge in [-0.3, -0.25) is 4.90 Å². The number of nitrogens with zero attached hydrogens (tertiary/aromatic N) is 5. The van der Waals surface area contributed by atoms with Crippen LogP contribution in [0.5, 0.6) is 11.5 Å². The van der Waals surface area contributed by atoms with Crippen molar-refractivity contribution in [2.24, 2.45) is 0 Å². The molecule has 2 aromatic heterocycles. The number of morpholine rings is 1. The van der Waals surface area contributed by atoms with Gasteiger partial charge in [0.05, 0.1) is 31.6 Å². The standard InChI is InChI=1S/C26H26F3N7O3/c27-26(28,29)18-3-1-17(2-4-18)14-36-15-31-22-23(32-19-5-6-20-21(13-19)39-16-38-20)33-25(34-24(22)36)30-7-8-35-9-11-37-12-10-35/h1-6,13,15H,7-12,14,16H2,(H2,30,32,33,34). The van der Waals surface area contributed by atoms with Gasteiger partial charge in [0.15, 0.2) is 28.5 Å². The molecule has 0 atom stereocenters. The van der Waals surface area contributed by atoms with E-state index in [0.717, 1.165) is 50.7 Å². The summed E-state index contributed by atoms with van der Waals surface area (Å²) in [5.41, 5.74) is 1.80. The van der Waals surface area contributed by atoms with E-state index in [4.69, 9.17) is 19.2 Å². The first-order valence-electron chi connectivity index (χ1n) is 12.5. The lowest BCUT2D eigenvalue weighted by molar-refractivity contribution is -0.137. The first kappa shape index (κ1) is 25.2. The highest BCUT2D eigenvalue weighted by Crippen LogP contribution is 2.36. The van der Waals surface area contributed by atoms with Crippen molar-refractivity contribution in [1.82, 2.24) is 24.4 Å². The van der Waals surface area contributed by atoms with Gasteiger partial charge in [-0.05, 0) is 29.8 Å². The van der Waals surface area contributed by atoms with Crippen LogP contribution in [0.1, 0.15) is 11.1 Å². The Balaban J connectivity index is 1.28. The SMILES string of the molecule is FC(F)(F)c1ccc(Cn2cnc3c(Nc4ccc5c(c4)OCO5)nc(NCCN4CCOCC4)nc32)cc1. The fourth-order valence-electron chi connectivity index (χ4n) is 4.48. The lowest BCUT2D eigenvalue weighted by atomic mass is 10.1. The van der Waals surface area contributed by atoms with Crippen molar-refractivity contribution >= 4 is 28.6 Å². The number of hydrogen-bond donors (Lipinski definition) is 2. The lowest BCUT2D eigenvalue weighted by Gasteiger charge is -2.26. The zero-order valence-corrected chi connectivity index (χ0v) is 20.9. The third kappa shape index (κ3) is 5.68. The summed E-state index contributed by atoms with van der Waals surface area (Å²) in [6.07, 6.45) is -2.77. The Morgan fingerprint density at radius 1 is 0.949 bits per heavy atom. The molecule has 0 radical (unpaired) electrons. The minimum Gasteiger partial charge on any atom is -0.454 e. The van der Waals surface area contributed by atoms with Crippen LogP contribution in [-0.4, -0.2) is 70.6 Å². The van der Waals surface area contributed by atoms with E-state index in [-0.39, 0.29) is 6.79 Å². The van der Waals surface area contributed by atoms with E-state index in [1.165, 1.54) is 12.1 Å². The third-order valence-electron chi connectivity index (χ3n) is 6.55. The van der Waals surface area contributed by atoms with Crippen molar-refractivity contribution in [2.45, 2.75) is 12.7 Å². The van der Waals surface area contributed by atoms with Crippen molar-refractivity contribution in [3.8, 4) is 11.5 Å². The fraction of sp³-hybridized carbons (Fsp3) is 0.346. The van der Waals surface area contributed by atoms with Gasteiger partial charge in [-0.15, -0.1) is 0 Å². The van der Waals surface area contributed by atoms with Crippen LogP contribution in [0.3, 0.4) is 0 Å². The fourth-order valence-corrected chi connectivity index (χ4v) is 4.48. The summed E-state index contributed by atoms with van der Waals surface area (Å²) in [7, 11) is 0. The number of anilines is 3. The molecule has 10 nitrogen and oxygen atoms in total. The number of ether oxygens (including phenoxy) is 3. The summed E-state index contributed by atoms with van der Waals surface area (Å²) in [5, 5.41) is 6.61. The monoisotopic (exact) mass is 541 g/mol. The van der Waals surface area contributed by atoms with Crippen LogP contribution in [0.4, 0.5) is 30.6 Å². The first-order valence-corrected chi connectivity index (χ1v) is 12.5. The summed E-state index contributed by atoms with van der Waals surface area (Å²) in [6, 6.07) is 10.6. The highest BCUT2D eigenvalue weighted by atomic mass is 19.4. The second-order valence-electron chi connectivity index (χ2n) is 9.21. The quantitative estimate of drug-likeness (QED) is 0.342. The number of fused-ring (bicyclic) bond motifs is 2. The molecule has 2 aliphatic heterocycles. The van der Waals surface area contributed by atoms with Crippen molar-refractivity contribution in [2.75, 3.05) is 56.8 Å². The zero-order valence-electron chi connectivity index (χ0n) is 20.9. The molecule has 0 aliphatic carbocycles. The molecule has 0 unspecified atom stereocenters. The first-order chi connectivity index (χ1) is 18.9. The van der Waals surface area contributed by atoms with Gasteiger partial charge in [0, 0.05) is 37.9 Å². The van der Waals surface area contributed by atoms with Gasteiger partial charge in [0.2, 0.25) is 12.7 Å². The molecule has 4 aromatic rings. The molecule has 0 bridgehead atoms. The molecule has 4 heterocycles. The van der Waals surface area contributed by atoms with E-state index in [9.17, 15) is 13.2 Å². The number of halogens is 3. The molecular weight excluding hydrogens is 515 g/mol. The van der Waals surface area contributed by atoms with E-state index < -0.39 is 11.7 Å². The Hall–Kier alpha value is -4.10. The Morgan fingerprint density at radius 2 is 1.74 bits per heavy atom. The maximum Gasteiger partial charge on any atom is 0.416 e. The second kappa shape index (κ2) is 10.6. The second-order valence-corrected chi connectivity index (χ2v) is 9.21. The maximum atomic E-state index is 13.0. The Labute approximate surface area is 221 Å². The van der Waals surface area contributed by atoms with Crippen molar-refractivity contribution in [3.63, 3.8) is 0 Å². The Kier molecular flexibility index (Phi) is 6.83. The van der Waals surface area contributed by atoms with Crippen LogP contribution < -0.4 is 20.1 Å². The van der Waals surface area contributed by atoms with E-state index in [1.807, 2.05) is 18.2 Å². The molecule has 2 aromatic carbocycles. The minimum atomic E-state index is -4.38. The predicted molar refractivity (Wildman–Crippen MR) is 137 cm³/mol. The topological polar surface area (TPSA) is 98.6 Å². The molecule has 2 N–H and O–H groups in total. The lowest BCUT2D eigenvalue weighted by Crippen LogP contribution is -2.39. The number of hydrogen-bond acceptors (Lipinski definition) is 9. The van der Waals surface area contributed by atoms with Gasteiger partial charge < -0.3 is 29.4 Å². The highest BCUT2D eigenvalue weighted by molar-refractivity contribution is 5.87. The molecule has 0 spiro atoms. The average molecular weight is 542 g/mol. The van der Waals surface area contributed by atoms with E-state index in [1.54, 1.807) is 10.9 Å². The number of benzene rings is 2. The van der Waals surface area contributed by atoms with Gasteiger partial charge in [0.25, 0.3) is 0 Å². The van der Waals surface area contributed by atoms with E-state index in [0.29, 0.717) is 53.1 Å². The molecule has 0 amide bonds. The van der Waals surface area contributed by atoms with Crippen LogP contribution in [0.15, 0.2) is 48.8 Å². The van der Waals surface area contributed by atoms with Crippen LogP contribution in [0, 0.1) is 0 Å². The smallest absolute Gasteiger partial charge is 0.416 e. The largest absolute Gasteiger partial charge is 0.454 e. The highest BCUT2D eigenvalue weighted by Gasteiger charge is 2.30. The van der Waals surface area contributed by atoms with Crippen LogP contribution in [0.2, 0.25) is 0 Å². The minimum absolute atomic E-state index is 0.169. The summed E-state index contributed by atoms with van der Waals surface area (Å²) in [5.74, 6) is 2.19. The van der Waals surface area contributed by atoms with Gasteiger partial charge in [0.1, 0.15) is 0 Å². The van der Waals surface area contributed by atoms with Crippen LogP contribution in [-0.2, 0) is 17.5 Å². The molecule has 1 fully saturated rings. The van der Waals surface area contributed by atoms with Gasteiger partial charge in [-0.2, -0.15) is 23.1 Å². The van der Waals surface area contributed by atoms with Crippen molar-refractivity contribution in [1.29, 1.82) is 0 Å². The van der Waals surface area contributed by atoms with Crippen molar-refractivity contribution in [3.05, 3.63) is 59.9 Å². The molecular formula is C26H26F3N7O3. The summed E-state index contributed by atoms with van der Waals surface area (Å²) < 4.78 is 57.1. The Morgan fingerprint density at radius 3 is 2.54 bits per heavy atom. The number of nitrogens with one attached hydrogen (secondary N) is 2.